The molecule has 0 aliphatic carbocycles. The summed E-state index contributed by atoms with van der Waals surface area (Å²) < 4.78 is 11.0. The molecule has 7 nitrogen and oxygen atoms in total. The Labute approximate surface area is 163 Å². The zero-order valence-electron chi connectivity index (χ0n) is 15.8. The summed E-state index contributed by atoms with van der Waals surface area (Å²) in [5.74, 6) is 0.628. The molecule has 3 rings (SSSR count). The zero-order valence-corrected chi connectivity index (χ0v) is 15.8. The lowest BCUT2D eigenvalue weighted by atomic mass is 9.73. The van der Waals surface area contributed by atoms with Gasteiger partial charge in [0.25, 0.3) is 5.69 Å². The van der Waals surface area contributed by atoms with Gasteiger partial charge < -0.3 is 14.8 Å². The summed E-state index contributed by atoms with van der Waals surface area (Å²) in [7, 11) is 0. The van der Waals surface area contributed by atoms with E-state index in [0.717, 1.165) is 17.7 Å². The fourth-order valence-corrected chi connectivity index (χ4v) is 3.37. The lowest BCUT2D eigenvalue weighted by molar-refractivity contribution is -0.384. The molecule has 2 aromatic carbocycles. The van der Waals surface area contributed by atoms with Crippen molar-refractivity contribution in [2.24, 2.45) is 0 Å². The molecular formula is C21H24N2O5. The predicted octanol–water partition coefficient (Wildman–Crippen LogP) is 4.07. The van der Waals surface area contributed by atoms with E-state index in [9.17, 15) is 14.9 Å². The van der Waals surface area contributed by atoms with Crippen LogP contribution in [0.5, 0.6) is 5.75 Å². The molecule has 1 saturated heterocycles. The molecular weight excluding hydrogens is 360 g/mol. The lowest BCUT2D eigenvalue weighted by Crippen LogP contribution is -2.44. The largest absolute Gasteiger partial charge is 0.494 e. The second kappa shape index (κ2) is 8.84. The maximum atomic E-state index is 13.2. The van der Waals surface area contributed by atoms with Crippen LogP contribution in [0, 0.1) is 10.1 Å². The van der Waals surface area contributed by atoms with Crippen LogP contribution in [0.2, 0.25) is 0 Å². The lowest BCUT2D eigenvalue weighted by Gasteiger charge is -2.36. The number of non-ortho nitro benzene ring substituents is 1. The van der Waals surface area contributed by atoms with Crippen molar-refractivity contribution >= 4 is 17.3 Å². The van der Waals surface area contributed by atoms with Crippen molar-refractivity contribution in [3.8, 4) is 5.75 Å². The molecule has 0 radical (unpaired) electrons. The minimum Gasteiger partial charge on any atom is -0.494 e. The number of anilines is 1. The summed E-state index contributed by atoms with van der Waals surface area (Å²) >= 11 is 0. The second-order valence-corrected chi connectivity index (χ2v) is 6.83. The number of rotatable bonds is 7. The van der Waals surface area contributed by atoms with E-state index in [4.69, 9.17) is 9.47 Å². The molecule has 1 N–H and O–H groups in total. The van der Waals surface area contributed by atoms with Crippen LogP contribution < -0.4 is 10.1 Å². The first kappa shape index (κ1) is 19.8. The molecule has 1 fully saturated rings. The van der Waals surface area contributed by atoms with E-state index in [1.165, 1.54) is 12.1 Å². The smallest absolute Gasteiger partial charge is 0.269 e. The quantitative estimate of drug-likeness (QED) is 0.574. The van der Waals surface area contributed by atoms with E-state index in [1.807, 2.05) is 31.2 Å². The Kier molecular flexibility index (Phi) is 6.26. The highest BCUT2D eigenvalue weighted by Crippen LogP contribution is 2.37. The highest BCUT2D eigenvalue weighted by Gasteiger charge is 2.42. The first-order valence-electron chi connectivity index (χ1n) is 9.42. The van der Waals surface area contributed by atoms with Gasteiger partial charge in [-0.15, -0.1) is 0 Å². The SMILES string of the molecule is CCCOc1ccc(NC(=O)C2(c3ccc([N+](=O)[O-])cc3)CCOCC2)cc1. The molecule has 0 spiro atoms. The van der Waals surface area contributed by atoms with Gasteiger partial charge in [-0.05, 0) is 49.1 Å². The number of nitro benzene ring substituents is 1. The van der Waals surface area contributed by atoms with Gasteiger partial charge in [0.1, 0.15) is 5.75 Å². The summed E-state index contributed by atoms with van der Waals surface area (Å²) in [5, 5.41) is 13.9. The monoisotopic (exact) mass is 384 g/mol. The van der Waals surface area contributed by atoms with Gasteiger partial charge in [0.2, 0.25) is 5.91 Å². The summed E-state index contributed by atoms with van der Waals surface area (Å²) in [5.41, 5.74) is 0.683. The van der Waals surface area contributed by atoms with Crippen molar-refractivity contribution in [2.75, 3.05) is 25.1 Å². The second-order valence-electron chi connectivity index (χ2n) is 6.83. The van der Waals surface area contributed by atoms with Gasteiger partial charge in [0.05, 0.1) is 16.9 Å². The van der Waals surface area contributed by atoms with Crippen LogP contribution in [0.15, 0.2) is 48.5 Å². The molecule has 7 heteroatoms. The van der Waals surface area contributed by atoms with Crippen molar-refractivity contribution in [1.82, 2.24) is 0 Å². The number of amides is 1. The first-order chi connectivity index (χ1) is 13.5. The third kappa shape index (κ3) is 4.31. The maximum Gasteiger partial charge on any atom is 0.269 e. The standard InChI is InChI=1S/C21H24N2O5/c1-2-13-28-19-9-5-17(6-10-19)22-20(24)21(11-14-27-15-12-21)16-3-7-18(8-4-16)23(25)26/h3-10H,2,11-15H2,1H3,(H,22,24). The highest BCUT2D eigenvalue weighted by atomic mass is 16.6. The van der Waals surface area contributed by atoms with Gasteiger partial charge in [-0.2, -0.15) is 0 Å². The van der Waals surface area contributed by atoms with Gasteiger partial charge >= 0.3 is 0 Å². The molecule has 148 valence electrons. The summed E-state index contributed by atoms with van der Waals surface area (Å²) in [6.07, 6.45) is 1.97. The van der Waals surface area contributed by atoms with Crippen molar-refractivity contribution in [1.29, 1.82) is 0 Å². The van der Waals surface area contributed by atoms with Crippen molar-refractivity contribution in [3.05, 3.63) is 64.2 Å². The van der Waals surface area contributed by atoms with E-state index < -0.39 is 10.3 Å². The summed E-state index contributed by atoms with van der Waals surface area (Å²) in [6.45, 7) is 3.62. The van der Waals surface area contributed by atoms with Gasteiger partial charge in [0, 0.05) is 31.0 Å². The fraction of sp³-hybridized carbons (Fsp3) is 0.381. The van der Waals surface area contributed by atoms with Crippen LogP contribution in [0.25, 0.3) is 0 Å². The molecule has 1 heterocycles. The number of ether oxygens (including phenoxy) is 2. The van der Waals surface area contributed by atoms with Gasteiger partial charge in [0.15, 0.2) is 0 Å². The molecule has 1 aliphatic rings. The number of carbonyl (C=O) groups is 1. The minimum absolute atomic E-state index is 0.00837. The normalized spacial score (nSPS) is 15.6. The number of hydrogen-bond donors (Lipinski definition) is 1. The Morgan fingerprint density at radius 2 is 1.79 bits per heavy atom. The zero-order chi connectivity index (χ0) is 20.0. The highest BCUT2D eigenvalue weighted by molar-refractivity contribution is 5.99. The van der Waals surface area contributed by atoms with E-state index in [-0.39, 0.29) is 11.6 Å². The van der Waals surface area contributed by atoms with E-state index in [0.29, 0.717) is 38.3 Å². The number of nitrogens with zero attached hydrogens (tertiary/aromatic N) is 1. The molecule has 28 heavy (non-hydrogen) atoms. The number of hydrogen-bond acceptors (Lipinski definition) is 5. The molecule has 0 bridgehead atoms. The number of nitrogens with one attached hydrogen (secondary N) is 1. The summed E-state index contributed by atoms with van der Waals surface area (Å²) in [6, 6.07) is 13.5. The van der Waals surface area contributed by atoms with Crippen LogP contribution in [0.4, 0.5) is 11.4 Å². The predicted molar refractivity (Wildman–Crippen MR) is 106 cm³/mol. The van der Waals surface area contributed by atoms with E-state index in [2.05, 4.69) is 5.32 Å². The molecule has 0 aromatic heterocycles. The van der Waals surface area contributed by atoms with E-state index >= 15 is 0 Å². The van der Waals surface area contributed by atoms with Crippen molar-refractivity contribution < 1.29 is 19.2 Å². The molecule has 0 saturated carbocycles. The topological polar surface area (TPSA) is 90.7 Å². The van der Waals surface area contributed by atoms with Crippen LogP contribution in [-0.2, 0) is 14.9 Å². The molecule has 0 unspecified atom stereocenters. The van der Waals surface area contributed by atoms with Crippen molar-refractivity contribution in [2.45, 2.75) is 31.6 Å². The Morgan fingerprint density at radius 3 is 2.36 bits per heavy atom. The van der Waals surface area contributed by atoms with Crippen LogP contribution in [0.3, 0.4) is 0 Å². The first-order valence-corrected chi connectivity index (χ1v) is 9.42. The maximum absolute atomic E-state index is 13.2. The van der Waals surface area contributed by atoms with Crippen molar-refractivity contribution in [3.63, 3.8) is 0 Å². The molecule has 2 aromatic rings. The molecule has 1 amide bonds. The van der Waals surface area contributed by atoms with Crippen LogP contribution in [0.1, 0.15) is 31.7 Å². The number of carbonyl (C=O) groups excluding carboxylic acids is 1. The number of nitro groups is 1. The molecule has 0 atom stereocenters. The Morgan fingerprint density at radius 1 is 1.14 bits per heavy atom. The number of benzene rings is 2. The third-order valence-electron chi connectivity index (χ3n) is 5.00. The Hall–Kier alpha value is -2.93. The minimum atomic E-state index is -0.773. The van der Waals surface area contributed by atoms with Gasteiger partial charge in [-0.25, -0.2) is 0 Å². The molecule has 1 aliphatic heterocycles. The van der Waals surface area contributed by atoms with Crippen LogP contribution in [-0.4, -0.2) is 30.7 Å². The third-order valence-corrected chi connectivity index (χ3v) is 5.00. The Balaban J connectivity index is 1.80. The van der Waals surface area contributed by atoms with E-state index in [1.54, 1.807) is 12.1 Å². The average molecular weight is 384 g/mol. The average Bonchev–Trinajstić information content (AvgIpc) is 2.73. The Bertz CT molecular complexity index is 812. The van der Waals surface area contributed by atoms with Gasteiger partial charge in [-0.1, -0.05) is 19.1 Å². The van der Waals surface area contributed by atoms with Gasteiger partial charge in [-0.3, -0.25) is 14.9 Å². The fourth-order valence-electron chi connectivity index (χ4n) is 3.37. The summed E-state index contributed by atoms with van der Waals surface area (Å²) in [4.78, 5) is 23.7. The van der Waals surface area contributed by atoms with Crippen LogP contribution >= 0.6 is 0 Å².